The Bertz CT molecular complexity index is 1070. The van der Waals surface area contributed by atoms with Crippen molar-refractivity contribution in [2.75, 3.05) is 11.4 Å². The fourth-order valence-corrected chi connectivity index (χ4v) is 3.37. The van der Waals surface area contributed by atoms with Gasteiger partial charge in [0.15, 0.2) is 0 Å². The van der Waals surface area contributed by atoms with Crippen molar-refractivity contribution < 1.29 is 22.8 Å². The van der Waals surface area contributed by atoms with Gasteiger partial charge in [-0.05, 0) is 48.4 Å². The number of hydrogen-bond donors (Lipinski definition) is 0. The normalized spacial score (nSPS) is 13.3. The number of anilines is 2. The molecule has 0 fully saturated rings. The van der Waals surface area contributed by atoms with Gasteiger partial charge in [0, 0.05) is 30.1 Å². The highest BCUT2D eigenvalue weighted by molar-refractivity contribution is 5.70. The van der Waals surface area contributed by atoms with E-state index in [1.165, 1.54) is 5.56 Å². The largest absolute Gasteiger partial charge is 0.457 e. The molecule has 3 aromatic carbocycles. The molecule has 148 valence electrons. The molecule has 8 heteroatoms. The number of benzene rings is 3. The van der Waals surface area contributed by atoms with Gasteiger partial charge in [0.05, 0.1) is 4.92 Å². The maximum Gasteiger partial charge on any atom is 0.420 e. The Balaban J connectivity index is 1.59. The molecule has 0 aromatic heterocycles. The predicted octanol–water partition coefficient (Wildman–Crippen LogP) is 6.10. The smallest absolute Gasteiger partial charge is 0.420 e. The van der Waals surface area contributed by atoms with Crippen molar-refractivity contribution in [3.05, 3.63) is 88.0 Å². The van der Waals surface area contributed by atoms with Crippen LogP contribution < -0.4 is 9.64 Å². The number of nitrogens with zero attached hydrogens (tertiary/aromatic N) is 2. The van der Waals surface area contributed by atoms with E-state index in [0.717, 1.165) is 36.5 Å². The first-order chi connectivity index (χ1) is 13.8. The van der Waals surface area contributed by atoms with Crippen LogP contribution in [0.3, 0.4) is 0 Å². The molecular weight excluding hydrogens is 385 g/mol. The Morgan fingerprint density at radius 1 is 1.00 bits per heavy atom. The second-order valence-electron chi connectivity index (χ2n) is 6.56. The molecular formula is C21H15F3N2O3. The standard InChI is InChI=1S/C21H15F3N2O3/c22-21(23,24)18-13-16(26(27)28)7-10-20(18)29-17-8-5-15(6-9-17)25-12-11-14-3-1-2-4-19(14)25/h1-10,13H,11-12H2. The molecule has 4 rings (SSSR count). The van der Waals surface area contributed by atoms with E-state index in [2.05, 4.69) is 11.0 Å². The van der Waals surface area contributed by atoms with Gasteiger partial charge in [-0.2, -0.15) is 13.2 Å². The first-order valence-electron chi connectivity index (χ1n) is 8.82. The molecule has 0 N–H and O–H groups in total. The summed E-state index contributed by atoms with van der Waals surface area (Å²) in [5.41, 5.74) is 1.42. The summed E-state index contributed by atoms with van der Waals surface area (Å²) in [6.07, 6.45) is -3.85. The molecule has 0 radical (unpaired) electrons. The number of alkyl halides is 3. The number of rotatable bonds is 4. The van der Waals surface area contributed by atoms with Crippen molar-refractivity contribution in [2.24, 2.45) is 0 Å². The van der Waals surface area contributed by atoms with Crippen LogP contribution in [0.15, 0.2) is 66.7 Å². The third-order valence-electron chi connectivity index (χ3n) is 4.74. The van der Waals surface area contributed by atoms with E-state index in [-0.39, 0.29) is 5.75 Å². The van der Waals surface area contributed by atoms with Crippen molar-refractivity contribution in [3.8, 4) is 11.5 Å². The van der Waals surface area contributed by atoms with Crippen molar-refractivity contribution in [2.45, 2.75) is 12.6 Å². The summed E-state index contributed by atoms with van der Waals surface area (Å²) in [6.45, 7) is 0.820. The number of non-ortho nitro benzene ring substituents is 1. The van der Waals surface area contributed by atoms with Crippen molar-refractivity contribution >= 4 is 17.1 Å². The molecule has 0 unspecified atom stereocenters. The number of fused-ring (bicyclic) bond motifs is 1. The summed E-state index contributed by atoms with van der Waals surface area (Å²) in [5.74, 6) is -0.275. The van der Waals surface area contributed by atoms with E-state index in [0.29, 0.717) is 6.07 Å². The molecule has 1 aliphatic rings. The molecule has 29 heavy (non-hydrogen) atoms. The topological polar surface area (TPSA) is 55.6 Å². The van der Waals surface area contributed by atoms with E-state index in [1.54, 1.807) is 24.3 Å². The van der Waals surface area contributed by atoms with Crippen LogP contribution in [0.4, 0.5) is 30.2 Å². The first kappa shape index (κ1) is 18.8. The number of nitro benzene ring substituents is 1. The lowest BCUT2D eigenvalue weighted by Gasteiger charge is -2.20. The average Bonchev–Trinajstić information content (AvgIpc) is 3.12. The Hall–Kier alpha value is -3.55. The van der Waals surface area contributed by atoms with Crippen molar-refractivity contribution in [1.82, 2.24) is 0 Å². The summed E-state index contributed by atoms with van der Waals surface area (Å²) in [5, 5.41) is 10.8. The zero-order valence-electron chi connectivity index (χ0n) is 15.0. The number of para-hydroxylation sites is 1. The van der Waals surface area contributed by atoms with Gasteiger partial charge >= 0.3 is 6.18 Å². The van der Waals surface area contributed by atoms with Crippen LogP contribution in [0.5, 0.6) is 11.5 Å². The highest BCUT2D eigenvalue weighted by Crippen LogP contribution is 2.41. The fraction of sp³-hybridized carbons (Fsp3) is 0.143. The second-order valence-corrected chi connectivity index (χ2v) is 6.56. The van der Waals surface area contributed by atoms with Crippen LogP contribution in [0.25, 0.3) is 0 Å². The minimum Gasteiger partial charge on any atom is -0.457 e. The first-order valence-corrected chi connectivity index (χ1v) is 8.82. The van der Waals surface area contributed by atoms with Gasteiger partial charge in [-0.3, -0.25) is 10.1 Å². The minimum atomic E-state index is -4.78. The highest BCUT2D eigenvalue weighted by Gasteiger charge is 2.36. The number of ether oxygens (including phenoxy) is 1. The fourth-order valence-electron chi connectivity index (χ4n) is 3.37. The molecule has 3 aromatic rings. The Labute approximate surface area is 164 Å². The Morgan fingerprint density at radius 3 is 2.41 bits per heavy atom. The Morgan fingerprint density at radius 2 is 1.72 bits per heavy atom. The van der Waals surface area contributed by atoms with E-state index in [1.807, 2.05) is 18.2 Å². The molecule has 5 nitrogen and oxygen atoms in total. The third kappa shape index (κ3) is 3.73. The van der Waals surface area contributed by atoms with Gasteiger partial charge in [-0.15, -0.1) is 0 Å². The van der Waals surface area contributed by atoms with Gasteiger partial charge in [0.25, 0.3) is 5.69 Å². The van der Waals surface area contributed by atoms with Crippen LogP contribution in [-0.4, -0.2) is 11.5 Å². The maximum absolute atomic E-state index is 13.3. The van der Waals surface area contributed by atoms with E-state index < -0.39 is 28.1 Å². The second kappa shape index (κ2) is 7.12. The molecule has 0 spiro atoms. The monoisotopic (exact) mass is 400 g/mol. The molecule has 1 heterocycles. The van der Waals surface area contributed by atoms with Crippen LogP contribution in [0.1, 0.15) is 11.1 Å². The van der Waals surface area contributed by atoms with E-state index >= 15 is 0 Å². The summed E-state index contributed by atoms with van der Waals surface area (Å²) >= 11 is 0. The van der Waals surface area contributed by atoms with Crippen LogP contribution in [0, 0.1) is 10.1 Å². The Kier molecular flexibility index (Phi) is 4.62. The SMILES string of the molecule is O=[N+]([O-])c1ccc(Oc2ccc(N3CCc4ccccc43)cc2)c(C(F)(F)F)c1. The van der Waals surface area contributed by atoms with Crippen LogP contribution >= 0.6 is 0 Å². The molecule has 0 saturated heterocycles. The van der Waals surface area contributed by atoms with Crippen molar-refractivity contribution in [3.63, 3.8) is 0 Å². The molecule has 1 aliphatic heterocycles. The summed E-state index contributed by atoms with van der Waals surface area (Å²) in [4.78, 5) is 12.1. The van der Waals surface area contributed by atoms with Gasteiger partial charge in [-0.1, -0.05) is 18.2 Å². The zero-order chi connectivity index (χ0) is 20.6. The molecule has 0 bridgehead atoms. The highest BCUT2D eigenvalue weighted by atomic mass is 19.4. The summed E-state index contributed by atoms with van der Waals surface area (Å²) < 4.78 is 45.3. The lowest BCUT2D eigenvalue weighted by Crippen LogP contribution is -2.12. The molecule has 0 atom stereocenters. The van der Waals surface area contributed by atoms with Gasteiger partial charge in [-0.25, -0.2) is 0 Å². The average molecular weight is 400 g/mol. The number of halogens is 3. The summed E-state index contributed by atoms with van der Waals surface area (Å²) in [6, 6.07) is 17.2. The molecule has 0 saturated carbocycles. The van der Waals surface area contributed by atoms with E-state index in [9.17, 15) is 23.3 Å². The van der Waals surface area contributed by atoms with Crippen molar-refractivity contribution in [1.29, 1.82) is 0 Å². The lowest BCUT2D eigenvalue weighted by molar-refractivity contribution is -0.385. The quantitative estimate of drug-likeness (QED) is 0.392. The van der Waals surface area contributed by atoms with E-state index in [4.69, 9.17) is 4.74 Å². The van der Waals surface area contributed by atoms with Gasteiger partial charge < -0.3 is 9.64 Å². The third-order valence-corrected chi connectivity index (χ3v) is 4.74. The molecule has 0 aliphatic carbocycles. The van der Waals surface area contributed by atoms with Crippen LogP contribution in [0.2, 0.25) is 0 Å². The number of hydrogen-bond acceptors (Lipinski definition) is 4. The van der Waals surface area contributed by atoms with Crippen LogP contribution in [-0.2, 0) is 12.6 Å². The minimum absolute atomic E-state index is 0.209. The number of nitro groups is 1. The molecule has 0 amide bonds. The van der Waals surface area contributed by atoms with Gasteiger partial charge in [0.2, 0.25) is 0 Å². The zero-order valence-corrected chi connectivity index (χ0v) is 15.0. The lowest BCUT2D eigenvalue weighted by atomic mass is 10.1. The summed E-state index contributed by atoms with van der Waals surface area (Å²) in [7, 11) is 0. The van der Waals surface area contributed by atoms with Gasteiger partial charge in [0.1, 0.15) is 17.1 Å². The maximum atomic E-state index is 13.3. The predicted molar refractivity (Wildman–Crippen MR) is 102 cm³/mol.